The van der Waals surface area contributed by atoms with Crippen LogP contribution < -0.4 is 11.1 Å². The summed E-state index contributed by atoms with van der Waals surface area (Å²) in [6, 6.07) is -1.52. The van der Waals surface area contributed by atoms with Crippen LogP contribution in [0.1, 0.15) is 34.6 Å². The van der Waals surface area contributed by atoms with Gasteiger partial charge in [0.05, 0.1) is 19.3 Å². The number of carboxylic acid groups (broad SMARTS) is 1. The Morgan fingerprint density at radius 1 is 1.29 bits per heavy atom. The Morgan fingerprint density at radius 2 is 1.71 bits per heavy atom. The largest absolute Gasteiger partial charge is 0.481 e. The Morgan fingerprint density at radius 3 is 2.05 bits per heavy atom. The number of carboxylic acids is 1. The zero-order valence-electron chi connectivity index (χ0n) is 13.4. The smallest absolute Gasteiger partial charge is 0.328 e. The van der Waals surface area contributed by atoms with Gasteiger partial charge in [-0.3, -0.25) is 9.59 Å². The lowest BCUT2D eigenvalue weighted by molar-refractivity contribution is -0.145. The zero-order valence-corrected chi connectivity index (χ0v) is 13.4. The van der Waals surface area contributed by atoms with Crippen LogP contribution in [-0.4, -0.2) is 54.4 Å². The second-order valence-electron chi connectivity index (χ2n) is 5.30. The molecule has 0 bridgehead atoms. The highest BCUT2D eigenvalue weighted by molar-refractivity contribution is 5.87. The third-order valence-electron chi connectivity index (χ3n) is 1.95. The highest BCUT2D eigenvalue weighted by atomic mass is 16.5. The van der Waals surface area contributed by atoms with E-state index in [1.54, 1.807) is 0 Å². The molecule has 8 nitrogen and oxygen atoms in total. The van der Waals surface area contributed by atoms with Gasteiger partial charge >= 0.3 is 5.97 Å². The van der Waals surface area contributed by atoms with E-state index in [0.717, 1.165) is 6.92 Å². The predicted molar refractivity (Wildman–Crippen MR) is 76.6 cm³/mol. The molecule has 0 saturated heterocycles. The fraction of sp³-hybridized carbons (Fsp3) is 0.769. The maximum atomic E-state index is 11.6. The number of amides is 1. The van der Waals surface area contributed by atoms with Crippen LogP contribution in [0.2, 0.25) is 0 Å². The van der Waals surface area contributed by atoms with Crippen LogP contribution in [0, 0.1) is 0 Å². The first-order valence-corrected chi connectivity index (χ1v) is 6.38. The number of aliphatic carboxylic acids is 1. The number of hydrogen-bond donors (Lipinski definition) is 3. The van der Waals surface area contributed by atoms with Crippen molar-refractivity contribution in [2.75, 3.05) is 13.7 Å². The van der Waals surface area contributed by atoms with Crippen LogP contribution in [0.3, 0.4) is 0 Å². The number of hydrogen-bond acceptors (Lipinski definition) is 6. The van der Waals surface area contributed by atoms with E-state index in [4.69, 9.17) is 20.4 Å². The van der Waals surface area contributed by atoms with Crippen LogP contribution in [0.4, 0.5) is 0 Å². The molecule has 1 amide bonds. The summed E-state index contributed by atoms with van der Waals surface area (Å²) in [6.45, 7) is 8.32. The quantitative estimate of drug-likeness (QED) is 0.605. The molecule has 0 aliphatic rings. The molecule has 0 unspecified atom stereocenters. The number of rotatable bonds is 5. The molecule has 0 aromatic carbocycles. The Balaban J connectivity index is 0. The topological polar surface area (TPSA) is 128 Å². The Kier molecular flexibility index (Phi) is 10.4. The highest BCUT2D eigenvalue weighted by Crippen LogP contribution is 2.06. The summed E-state index contributed by atoms with van der Waals surface area (Å²) in [5, 5.41) is 9.86. The van der Waals surface area contributed by atoms with Crippen molar-refractivity contribution < 1.29 is 29.0 Å². The van der Waals surface area contributed by atoms with Gasteiger partial charge in [0.25, 0.3) is 5.97 Å². The van der Waals surface area contributed by atoms with E-state index in [-0.39, 0.29) is 12.2 Å². The molecule has 0 aliphatic carbocycles. The van der Waals surface area contributed by atoms with Crippen LogP contribution in [0.25, 0.3) is 0 Å². The lowest BCUT2D eigenvalue weighted by Gasteiger charge is -2.22. The number of methoxy groups -OCH3 is 1. The Labute approximate surface area is 125 Å². The highest BCUT2D eigenvalue weighted by Gasteiger charge is 2.22. The van der Waals surface area contributed by atoms with Gasteiger partial charge in [-0.2, -0.15) is 0 Å². The minimum atomic E-state index is -0.833. The van der Waals surface area contributed by atoms with E-state index in [1.165, 1.54) is 14.0 Å². The average molecular weight is 306 g/mol. The van der Waals surface area contributed by atoms with Crippen molar-refractivity contribution in [1.82, 2.24) is 5.32 Å². The first kappa shape index (κ1) is 21.6. The van der Waals surface area contributed by atoms with E-state index in [0.29, 0.717) is 0 Å². The number of carbonyl (C=O) groups excluding carboxylic acids is 2. The number of carbonyl (C=O) groups is 3. The maximum absolute atomic E-state index is 11.6. The predicted octanol–water partition coefficient (Wildman–Crippen LogP) is -0.103. The van der Waals surface area contributed by atoms with Gasteiger partial charge in [-0.15, -0.1) is 0 Å². The van der Waals surface area contributed by atoms with E-state index >= 15 is 0 Å². The SMILES string of the molecule is CC(=O)O.COC(=O)[C@H](C)NC(=O)[C@H](N)COC(C)(C)C. The van der Waals surface area contributed by atoms with E-state index in [2.05, 4.69) is 10.1 Å². The van der Waals surface area contributed by atoms with Crippen LogP contribution in [0.15, 0.2) is 0 Å². The summed E-state index contributed by atoms with van der Waals surface area (Å²) in [5.41, 5.74) is 5.27. The summed E-state index contributed by atoms with van der Waals surface area (Å²) < 4.78 is 9.86. The third kappa shape index (κ3) is 14.5. The van der Waals surface area contributed by atoms with E-state index in [1.807, 2.05) is 20.8 Å². The van der Waals surface area contributed by atoms with Crippen molar-refractivity contribution in [3.63, 3.8) is 0 Å². The molecular formula is C13H26N2O6. The summed E-state index contributed by atoms with van der Waals surface area (Å²) in [6.07, 6.45) is 0. The van der Waals surface area contributed by atoms with Crippen molar-refractivity contribution >= 4 is 17.8 Å². The van der Waals surface area contributed by atoms with Gasteiger partial charge in [-0.25, -0.2) is 4.79 Å². The zero-order chi connectivity index (χ0) is 17.2. The fourth-order valence-corrected chi connectivity index (χ4v) is 0.972. The minimum Gasteiger partial charge on any atom is -0.481 e. The standard InChI is InChI=1S/C11H22N2O4.C2H4O2/c1-7(10(15)16-5)13-9(14)8(12)6-17-11(2,3)4;1-2(3)4/h7-8H,6,12H2,1-5H3,(H,13,14);1H3,(H,3,4)/t7-,8+;/m0./s1. The van der Waals surface area contributed by atoms with Gasteiger partial charge in [-0.1, -0.05) is 0 Å². The van der Waals surface area contributed by atoms with E-state index < -0.39 is 29.9 Å². The maximum Gasteiger partial charge on any atom is 0.328 e. The van der Waals surface area contributed by atoms with Gasteiger partial charge in [-0.05, 0) is 27.7 Å². The van der Waals surface area contributed by atoms with Crippen molar-refractivity contribution in [1.29, 1.82) is 0 Å². The molecule has 0 saturated carbocycles. The second-order valence-corrected chi connectivity index (χ2v) is 5.30. The monoisotopic (exact) mass is 306 g/mol. The molecule has 0 aromatic heterocycles. The van der Waals surface area contributed by atoms with Crippen molar-refractivity contribution in [2.45, 2.75) is 52.3 Å². The molecule has 0 aromatic rings. The Bertz CT molecular complexity index is 347. The summed E-state index contributed by atoms with van der Waals surface area (Å²) in [5.74, 6) is -1.78. The van der Waals surface area contributed by atoms with E-state index in [9.17, 15) is 9.59 Å². The number of nitrogens with one attached hydrogen (secondary N) is 1. The molecule has 2 atom stereocenters. The molecule has 8 heteroatoms. The first-order chi connectivity index (χ1) is 9.40. The van der Waals surface area contributed by atoms with Gasteiger partial charge < -0.3 is 25.6 Å². The van der Waals surface area contributed by atoms with Crippen molar-refractivity contribution in [3.8, 4) is 0 Å². The molecule has 0 radical (unpaired) electrons. The molecular weight excluding hydrogens is 280 g/mol. The molecule has 0 fully saturated rings. The van der Waals surface area contributed by atoms with Gasteiger partial charge in [0.15, 0.2) is 0 Å². The van der Waals surface area contributed by atoms with Crippen molar-refractivity contribution in [2.24, 2.45) is 5.73 Å². The lowest BCUT2D eigenvalue weighted by Crippen LogP contribution is -2.50. The molecule has 0 heterocycles. The molecule has 124 valence electrons. The first-order valence-electron chi connectivity index (χ1n) is 6.38. The second kappa shape index (κ2) is 10.1. The molecule has 0 rings (SSSR count). The normalized spacial score (nSPS) is 13.3. The summed E-state index contributed by atoms with van der Waals surface area (Å²) in [7, 11) is 1.26. The van der Waals surface area contributed by atoms with Gasteiger partial charge in [0, 0.05) is 6.92 Å². The molecule has 0 spiro atoms. The fourth-order valence-electron chi connectivity index (χ4n) is 0.972. The number of esters is 1. The minimum absolute atomic E-state index is 0.100. The van der Waals surface area contributed by atoms with Crippen LogP contribution in [-0.2, 0) is 23.9 Å². The van der Waals surface area contributed by atoms with Crippen LogP contribution >= 0.6 is 0 Å². The molecule has 0 aliphatic heterocycles. The van der Waals surface area contributed by atoms with Gasteiger partial charge in [0.1, 0.15) is 12.1 Å². The van der Waals surface area contributed by atoms with Crippen molar-refractivity contribution in [3.05, 3.63) is 0 Å². The Hall–Kier alpha value is -1.67. The third-order valence-corrected chi connectivity index (χ3v) is 1.95. The number of ether oxygens (including phenoxy) is 2. The average Bonchev–Trinajstić information content (AvgIpc) is 2.32. The number of nitrogens with two attached hydrogens (primary N) is 1. The van der Waals surface area contributed by atoms with Gasteiger partial charge in [0.2, 0.25) is 5.91 Å². The molecule has 21 heavy (non-hydrogen) atoms. The lowest BCUT2D eigenvalue weighted by atomic mass is 10.2. The summed E-state index contributed by atoms with van der Waals surface area (Å²) in [4.78, 5) is 31.6. The van der Waals surface area contributed by atoms with Crippen LogP contribution in [0.5, 0.6) is 0 Å². The molecule has 4 N–H and O–H groups in total. The summed E-state index contributed by atoms with van der Waals surface area (Å²) >= 11 is 0.